The summed E-state index contributed by atoms with van der Waals surface area (Å²) >= 11 is 1.91. The summed E-state index contributed by atoms with van der Waals surface area (Å²) in [4.78, 5) is 13.7. The number of rotatable bonds is 1. The molecule has 0 N–H and O–H groups in total. The standard InChI is InChI=1S/C12H18INO3/c1-12(2,3)16-11(15)14-6-8-4-10(17-13)5-9(8)7-14/h4,8-9H,5-7H2,1-3H3. The van der Waals surface area contributed by atoms with Crippen LogP contribution in [-0.2, 0) is 7.80 Å². The van der Waals surface area contributed by atoms with Gasteiger partial charge in [0.25, 0.3) is 0 Å². The van der Waals surface area contributed by atoms with E-state index in [0.717, 1.165) is 25.3 Å². The number of fused-ring (bicyclic) bond motifs is 1. The number of carbonyl (C=O) groups excluding carboxylic acids is 1. The molecule has 2 unspecified atom stereocenters. The number of hydrogen-bond donors (Lipinski definition) is 0. The lowest BCUT2D eigenvalue weighted by atomic mass is 10.0. The summed E-state index contributed by atoms with van der Waals surface area (Å²) in [6.07, 6.45) is 2.88. The number of ether oxygens (including phenoxy) is 1. The van der Waals surface area contributed by atoms with Crippen LogP contribution in [0.2, 0.25) is 0 Å². The molecule has 2 atom stereocenters. The first-order valence-corrected chi connectivity index (χ1v) is 6.74. The fraction of sp³-hybridized carbons (Fsp3) is 0.750. The third kappa shape index (κ3) is 3.05. The van der Waals surface area contributed by atoms with Crippen molar-refractivity contribution in [3.63, 3.8) is 0 Å². The van der Waals surface area contributed by atoms with Gasteiger partial charge in [-0.3, -0.25) is 0 Å². The van der Waals surface area contributed by atoms with Gasteiger partial charge in [-0.15, -0.1) is 0 Å². The Kier molecular flexibility index (Phi) is 3.56. The molecule has 96 valence electrons. The summed E-state index contributed by atoms with van der Waals surface area (Å²) in [5.41, 5.74) is -0.416. The van der Waals surface area contributed by atoms with Crippen molar-refractivity contribution in [3.8, 4) is 0 Å². The molecule has 17 heavy (non-hydrogen) atoms. The number of nitrogens with zero attached hydrogens (tertiary/aromatic N) is 1. The van der Waals surface area contributed by atoms with Crippen molar-refractivity contribution in [2.24, 2.45) is 11.8 Å². The monoisotopic (exact) mass is 351 g/mol. The molecule has 1 aliphatic carbocycles. The molecule has 1 amide bonds. The summed E-state index contributed by atoms with van der Waals surface area (Å²) in [6.45, 7) is 7.21. The summed E-state index contributed by atoms with van der Waals surface area (Å²) in [5, 5.41) is 0. The largest absolute Gasteiger partial charge is 0.444 e. The Morgan fingerprint density at radius 1 is 1.47 bits per heavy atom. The molecule has 5 heteroatoms. The van der Waals surface area contributed by atoms with Crippen molar-refractivity contribution in [1.29, 1.82) is 0 Å². The lowest BCUT2D eigenvalue weighted by Gasteiger charge is -2.24. The Labute approximate surface area is 116 Å². The van der Waals surface area contributed by atoms with E-state index in [1.54, 1.807) is 4.90 Å². The van der Waals surface area contributed by atoms with Crippen molar-refractivity contribution in [1.82, 2.24) is 4.90 Å². The smallest absolute Gasteiger partial charge is 0.410 e. The van der Waals surface area contributed by atoms with Gasteiger partial charge in [0.1, 0.15) is 11.4 Å². The minimum atomic E-state index is -0.416. The Morgan fingerprint density at radius 2 is 2.18 bits per heavy atom. The summed E-state index contributed by atoms with van der Waals surface area (Å²) in [7, 11) is 0. The highest BCUT2D eigenvalue weighted by molar-refractivity contribution is 14.1. The molecule has 0 radical (unpaired) electrons. The van der Waals surface area contributed by atoms with E-state index in [-0.39, 0.29) is 6.09 Å². The summed E-state index contributed by atoms with van der Waals surface area (Å²) < 4.78 is 10.6. The summed E-state index contributed by atoms with van der Waals surface area (Å²) in [6, 6.07) is 0. The van der Waals surface area contributed by atoms with Crippen LogP contribution in [-0.4, -0.2) is 29.7 Å². The van der Waals surface area contributed by atoms with E-state index >= 15 is 0 Å². The first kappa shape index (κ1) is 13.0. The average Bonchev–Trinajstić information content (AvgIpc) is 2.70. The van der Waals surface area contributed by atoms with Gasteiger partial charge in [-0.25, -0.2) is 4.79 Å². The minimum Gasteiger partial charge on any atom is -0.444 e. The van der Waals surface area contributed by atoms with Gasteiger partial charge in [0.2, 0.25) is 0 Å². The number of allylic oxidation sites excluding steroid dienone is 1. The Hall–Kier alpha value is -0.460. The van der Waals surface area contributed by atoms with Crippen molar-refractivity contribution < 1.29 is 12.6 Å². The van der Waals surface area contributed by atoms with Crippen LogP contribution in [0.3, 0.4) is 0 Å². The van der Waals surface area contributed by atoms with Crippen LogP contribution in [0.1, 0.15) is 27.2 Å². The SMILES string of the molecule is CC(C)(C)OC(=O)N1CC2C=C(OI)CC2C1. The molecule has 0 aromatic carbocycles. The lowest BCUT2D eigenvalue weighted by Crippen LogP contribution is -2.35. The third-order valence-corrected chi connectivity index (χ3v) is 3.67. The molecule has 1 aliphatic heterocycles. The molecule has 0 spiro atoms. The van der Waals surface area contributed by atoms with Crippen LogP contribution >= 0.6 is 23.0 Å². The zero-order valence-electron chi connectivity index (χ0n) is 10.4. The van der Waals surface area contributed by atoms with E-state index in [4.69, 9.17) is 7.80 Å². The summed E-state index contributed by atoms with van der Waals surface area (Å²) in [5.74, 6) is 1.99. The van der Waals surface area contributed by atoms with E-state index in [9.17, 15) is 4.79 Å². The maximum atomic E-state index is 11.9. The van der Waals surface area contributed by atoms with Crippen LogP contribution in [0.15, 0.2) is 11.8 Å². The van der Waals surface area contributed by atoms with Gasteiger partial charge in [-0.05, 0) is 32.8 Å². The molecule has 0 aromatic rings. The molecule has 2 rings (SSSR count). The number of likely N-dealkylation sites (tertiary alicyclic amines) is 1. The third-order valence-electron chi connectivity index (χ3n) is 3.11. The molecule has 1 heterocycles. The van der Waals surface area contributed by atoms with Gasteiger partial charge >= 0.3 is 6.09 Å². The molecule has 0 aromatic heterocycles. The maximum absolute atomic E-state index is 11.9. The van der Waals surface area contributed by atoms with Crippen molar-refractivity contribution in [3.05, 3.63) is 11.8 Å². The topological polar surface area (TPSA) is 38.8 Å². The molecule has 0 saturated carbocycles. The molecular weight excluding hydrogens is 333 g/mol. The highest BCUT2D eigenvalue weighted by Crippen LogP contribution is 2.38. The average molecular weight is 351 g/mol. The predicted molar refractivity (Wildman–Crippen MR) is 72.6 cm³/mol. The van der Waals surface area contributed by atoms with Gasteiger partial charge in [0, 0.05) is 25.4 Å². The van der Waals surface area contributed by atoms with E-state index in [2.05, 4.69) is 6.08 Å². The fourth-order valence-electron chi connectivity index (χ4n) is 2.40. The van der Waals surface area contributed by atoms with Crippen LogP contribution < -0.4 is 0 Å². The van der Waals surface area contributed by atoms with E-state index < -0.39 is 5.60 Å². The number of halogens is 1. The second-order valence-corrected chi connectivity index (χ2v) is 6.16. The first-order valence-electron chi connectivity index (χ1n) is 5.86. The molecular formula is C12H18INO3. The van der Waals surface area contributed by atoms with Crippen LogP contribution in [0.4, 0.5) is 4.79 Å². The van der Waals surface area contributed by atoms with E-state index in [1.807, 2.05) is 43.8 Å². The number of amides is 1. The van der Waals surface area contributed by atoms with Gasteiger partial charge in [0.15, 0.2) is 23.0 Å². The fourth-order valence-corrected chi connectivity index (χ4v) is 2.73. The highest BCUT2D eigenvalue weighted by Gasteiger charge is 2.40. The van der Waals surface area contributed by atoms with Crippen molar-refractivity contribution >= 4 is 29.1 Å². The highest BCUT2D eigenvalue weighted by atomic mass is 127. The molecule has 1 fully saturated rings. The minimum absolute atomic E-state index is 0.197. The molecule has 4 nitrogen and oxygen atoms in total. The van der Waals surface area contributed by atoms with E-state index in [0.29, 0.717) is 11.8 Å². The van der Waals surface area contributed by atoms with Gasteiger partial charge in [-0.2, -0.15) is 0 Å². The molecule has 2 aliphatic rings. The maximum Gasteiger partial charge on any atom is 0.410 e. The zero-order valence-corrected chi connectivity index (χ0v) is 12.6. The molecule has 0 bridgehead atoms. The zero-order chi connectivity index (χ0) is 12.6. The Balaban J connectivity index is 1.92. The lowest BCUT2D eigenvalue weighted by molar-refractivity contribution is 0.0284. The quantitative estimate of drug-likeness (QED) is 0.682. The second-order valence-electron chi connectivity index (χ2n) is 5.72. The molecule has 1 saturated heterocycles. The number of hydrogen-bond acceptors (Lipinski definition) is 3. The van der Waals surface area contributed by atoms with Crippen LogP contribution in [0.25, 0.3) is 0 Å². The predicted octanol–water partition coefficient (Wildman–Crippen LogP) is 3.12. The normalized spacial score (nSPS) is 27.8. The number of carbonyl (C=O) groups is 1. The first-order chi connectivity index (χ1) is 7.89. The van der Waals surface area contributed by atoms with Gasteiger partial charge in [-0.1, -0.05) is 0 Å². The van der Waals surface area contributed by atoms with E-state index in [1.165, 1.54) is 0 Å². The van der Waals surface area contributed by atoms with Crippen molar-refractivity contribution in [2.45, 2.75) is 32.8 Å². The van der Waals surface area contributed by atoms with Gasteiger partial charge < -0.3 is 12.7 Å². The second kappa shape index (κ2) is 4.66. The Morgan fingerprint density at radius 3 is 2.71 bits per heavy atom. The van der Waals surface area contributed by atoms with Gasteiger partial charge in [0.05, 0.1) is 0 Å². The van der Waals surface area contributed by atoms with Crippen LogP contribution in [0, 0.1) is 11.8 Å². The van der Waals surface area contributed by atoms with Crippen molar-refractivity contribution in [2.75, 3.05) is 13.1 Å². The van der Waals surface area contributed by atoms with Crippen LogP contribution in [0.5, 0.6) is 0 Å². The Bertz CT molecular complexity index is 348.